The van der Waals surface area contributed by atoms with Crippen LogP contribution in [0.25, 0.3) is 0 Å². The van der Waals surface area contributed by atoms with Crippen molar-refractivity contribution in [1.82, 2.24) is 20.8 Å². The normalized spacial score (nSPS) is 30.4. The van der Waals surface area contributed by atoms with Crippen molar-refractivity contribution in [3.63, 3.8) is 0 Å². The largest absolute Gasteiger partial charge is 0.379 e. The van der Waals surface area contributed by atoms with Crippen molar-refractivity contribution in [3.8, 4) is 0 Å². The summed E-state index contributed by atoms with van der Waals surface area (Å²) >= 11 is 3.43. The Labute approximate surface area is 186 Å². The van der Waals surface area contributed by atoms with Gasteiger partial charge in [0.05, 0.1) is 17.8 Å². The lowest BCUT2D eigenvalue weighted by atomic mass is 9.45. The zero-order valence-electron chi connectivity index (χ0n) is 18.2. The van der Waals surface area contributed by atoms with Crippen molar-refractivity contribution in [2.24, 2.45) is 29.1 Å². The fraction of sp³-hybridized carbons (Fsp3) is 0.773. The highest BCUT2D eigenvalue weighted by Crippen LogP contribution is 2.61. The highest BCUT2D eigenvalue weighted by Gasteiger charge is 2.56. The number of nitrogens with zero attached hydrogens (tertiary/aromatic N) is 1. The van der Waals surface area contributed by atoms with Gasteiger partial charge in [-0.05, 0) is 83.8 Å². The number of hydrogen-bond donors (Lipinski definition) is 4. The fourth-order valence-corrected chi connectivity index (χ4v) is 6.25. The fourth-order valence-electron chi connectivity index (χ4n) is 5.82. The van der Waals surface area contributed by atoms with Gasteiger partial charge in [-0.2, -0.15) is 5.10 Å². The number of aromatic amines is 1. The van der Waals surface area contributed by atoms with Crippen molar-refractivity contribution >= 4 is 27.5 Å². The van der Waals surface area contributed by atoms with Crippen LogP contribution in [0.5, 0.6) is 0 Å². The lowest BCUT2D eigenvalue weighted by molar-refractivity contribution is -0.120. The average molecular weight is 480 g/mol. The molecule has 4 fully saturated rings. The summed E-state index contributed by atoms with van der Waals surface area (Å²) in [7, 11) is 0. The summed E-state index contributed by atoms with van der Waals surface area (Å²) in [5.41, 5.74) is 1.39. The molecule has 3 saturated carbocycles. The van der Waals surface area contributed by atoms with Crippen LogP contribution in [0.4, 0.5) is 5.69 Å². The maximum atomic E-state index is 12.6. The maximum Gasteiger partial charge on any atom is 0.280 e. The number of aromatic nitrogens is 2. The first-order valence-electron chi connectivity index (χ1n) is 11.3. The summed E-state index contributed by atoms with van der Waals surface area (Å²) in [6, 6.07) is 0.290. The summed E-state index contributed by atoms with van der Waals surface area (Å²) in [5.74, 6) is 2.39. The first-order valence-corrected chi connectivity index (χ1v) is 12.1. The van der Waals surface area contributed by atoms with Gasteiger partial charge in [0.2, 0.25) is 5.91 Å². The molecule has 1 aromatic heterocycles. The molecular weight excluding hydrogens is 446 g/mol. The van der Waals surface area contributed by atoms with Crippen LogP contribution in [-0.2, 0) is 11.2 Å². The Morgan fingerprint density at radius 1 is 1.27 bits per heavy atom. The molecule has 1 saturated heterocycles. The topological polar surface area (TPSA) is 98.9 Å². The Morgan fingerprint density at radius 3 is 2.67 bits per heavy atom. The average Bonchev–Trinajstić information content (AvgIpc) is 2.73. The Morgan fingerprint density at radius 2 is 2.00 bits per heavy atom. The highest BCUT2D eigenvalue weighted by atomic mass is 79.9. The predicted molar refractivity (Wildman–Crippen MR) is 121 cm³/mol. The van der Waals surface area contributed by atoms with E-state index in [9.17, 15) is 9.59 Å². The van der Waals surface area contributed by atoms with E-state index in [1.54, 1.807) is 0 Å². The summed E-state index contributed by atoms with van der Waals surface area (Å²) in [6.07, 6.45) is 4.72. The van der Waals surface area contributed by atoms with Crippen LogP contribution in [0.1, 0.15) is 52.1 Å². The van der Waals surface area contributed by atoms with Crippen molar-refractivity contribution in [2.75, 3.05) is 25.0 Å². The molecule has 2 bridgehead atoms. The van der Waals surface area contributed by atoms with E-state index in [0.29, 0.717) is 57.5 Å². The number of fused-ring (bicyclic) bond motifs is 2. The van der Waals surface area contributed by atoms with Gasteiger partial charge in [-0.15, -0.1) is 0 Å². The number of rotatable bonds is 6. The van der Waals surface area contributed by atoms with E-state index in [0.717, 1.165) is 32.4 Å². The minimum atomic E-state index is -0.273. The summed E-state index contributed by atoms with van der Waals surface area (Å²) < 4.78 is 0.435. The molecule has 1 amide bonds. The molecule has 0 spiro atoms. The number of anilines is 1. The van der Waals surface area contributed by atoms with Crippen molar-refractivity contribution in [2.45, 2.75) is 58.9 Å². The minimum Gasteiger partial charge on any atom is -0.379 e. The van der Waals surface area contributed by atoms with Gasteiger partial charge < -0.3 is 16.0 Å². The Balaban J connectivity index is 1.43. The number of carbonyl (C=O) groups is 1. The maximum absolute atomic E-state index is 12.6. The van der Waals surface area contributed by atoms with E-state index in [-0.39, 0.29) is 17.9 Å². The lowest BCUT2D eigenvalue weighted by Crippen LogP contribution is -2.58. The first kappa shape index (κ1) is 21.8. The van der Waals surface area contributed by atoms with E-state index in [2.05, 4.69) is 62.8 Å². The van der Waals surface area contributed by atoms with Gasteiger partial charge in [-0.3, -0.25) is 9.59 Å². The molecule has 0 unspecified atom stereocenters. The van der Waals surface area contributed by atoms with Crippen LogP contribution in [0, 0.1) is 29.1 Å². The molecule has 4 atom stereocenters. The monoisotopic (exact) mass is 479 g/mol. The molecule has 4 aliphatic rings. The second-order valence-corrected chi connectivity index (χ2v) is 10.9. The first-order chi connectivity index (χ1) is 14.3. The van der Waals surface area contributed by atoms with Crippen molar-refractivity contribution in [3.05, 3.63) is 20.5 Å². The second kappa shape index (κ2) is 8.61. The molecule has 30 heavy (non-hydrogen) atoms. The molecule has 3 aliphatic carbocycles. The van der Waals surface area contributed by atoms with E-state index in [4.69, 9.17) is 0 Å². The van der Waals surface area contributed by atoms with Gasteiger partial charge in [-0.25, -0.2) is 5.10 Å². The smallest absolute Gasteiger partial charge is 0.280 e. The molecular formula is C22H34BrN5O2. The summed E-state index contributed by atoms with van der Waals surface area (Å²) in [5, 5.41) is 16.7. The number of halogens is 1. The van der Waals surface area contributed by atoms with E-state index < -0.39 is 0 Å². The van der Waals surface area contributed by atoms with Crippen LogP contribution in [-0.4, -0.2) is 41.8 Å². The molecule has 1 aromatic rings. The minimum absolute atomic E-state index is 0.0521. The summed E-state index contributed by atoms with van der Waals surface area (Å²) in [6.45, 7) is 9.79. The standard InChI is InChI=1S/C22H34BrN5O2/c1-12-15-8-14(22(15,2)3)9-16(12)26-20-17(27-28-21(30)19(20)23)10-18(29)25-11-13-4-6-24-7-5-13/h12-16,24H,4-11H2,1-3H3,(H,25,29)(H2,26,28,30)/t12-,14+,15-,16-/m1/s1. The number of piperidine rings is 1. The van der Waals surface area contributed by atoms with Crippen LogP contribution in [0.2, 0.25) is 0 Å². The molecule has 166 valence electrons. The third-order valence-corrected chi connectivity index (χ3v) is 8.81. The van der Waals surface area contributed by atoms with Crippen molar-refractivity contribution < 1.29 is 4.79 Å². The van der Waals surface area contributed by atoms with E-state index >= 15 is 0 Å². The summed E-state index contributed by atoms with van der Waals surface area (Å²) in [4.78, 5) is 24.8. The van der Waals surface area contributed by atoms with Gasteiger partial charge >= 0.3 is 0 Å². The number of nitrogens with one attached hydrogen (secondary N) is 4. The van der Waals surface area contributed by atoms with Gasteiger partial charge in [0.25, 0.3) is 5.56 Å². The Kier molecular flexibility index (Phi) is 6.26. The number of amides is 1. The van der Waals surface area contributed by atoms with Gasteiger partial charge in [0, 0.05) is 12.6 Å². The van der Waals surface area contributed by atoms with E-state index in [1.165, 1.54) is 6.42 Å². The molecule has 7 nitrogen and oxygen atoms in total. The SMILES string of the molecule is C[C@@H]1[C@H]2C[C@@H](C[C@H]1Nc1c(CC(=O)NCC3CCNCC3)n[nH]c(=O)c1Br)C2(C)C. The van der Waals surface area contributed by atoms with Gasteiger partial charge in [0.1, 0.15) is 4.47 Å². The molecule has 2 heterocycles. The lowest BCUT2D eigenvalue weighted by Gasteiger charge is -2.62. The third-order valence-electron chi connectivity index (χ3n) is 8.06. The van der Waals surface area contributed by atoms with Crippen molar-refractivity contribution in [1.29, 1.82) is 0 Å². The molecule has 4 N–H and O–H groups in total. The molecule has 5 rings (SSSR count). The number of H-pyrrole nitrogens is 1. The van der Waals surface area contributed by atoms with Crippen LogP contribution in [0.15, 0.2) is 9.27 Å². The molecule has 0 aromatic carbocycles. The van der Waals surface area contributed by atoms with Gasteiger partial charge in [-0.1, -0.05) is 20.8 Å². The molecule has 0 radical (unpaired) electrons. The second-order valence-electron chi connectivity index (χ2n) is 10.1. The Hall–Kier alpha value is -1.41. The predicted octanol–water partition coefficient (Wildman–Crippen LogP) is 2.67. The van der Waals surface area contributed by atoms with Gasteiger partial charge in [0.15, 0.2) is 0 Å². The zero-order valence-corrected chi connectivity index (χ0v) is 19.8. The highest BCUT2D eigenvalue weighted by molar-refractivity contribution is 9.10. The number of hydrogen-bond acceptors (Lipinski definition) is 5. The van der Waals surface area contributed by atoms with Crippen LogP contribution >= 0.6 is 15.9 Å². The quantitative estimate of drug-likeness (QED) is 0.502. The zero-order chi connectivity index (χ0) is 21.5. The van der Waals surface area contributed by atoms with Crippen LogP contribution < -0.4 is 21.5 Å². The molecule has 1 aliphatic heterocycles. The Bertz CT molecular complexity index is 848. The number of carbonyl (C=O) groups excluding carboxylic acids is 1. The van der Waals surface area contributed by atoms with Crippen LogP contribution in [0.3, 0.4) is 0 Å². The molecule has 8 heteroatoms. The third kappa shape index (κ3) is 4.17. The van der Waals surface area contributed by atoms with E-state index in [1.807, 2.05) is 0 Å².